The van der Waals surface area contributed by atoms with Crippen LogP contribution in [0.5, 0.6) is 5.75 Å². The fourth-order valence-corrected chi connectivity index (χ4v) is 4.03. The Bertz CT molecular complexity index is 892. The highest BCUT2D eigenvalue weighted by atomic mass is 35.5. The molecule has 0 radical (unpaired) electrons. The summed E-state index contributed by atoms with van der Waals surface area (Å²) in [6.45, 7) is 0.853. The number of hydrogen-bond acceptors (Lipinski definition) is 4. The summed E-state index contributed by atoms with van der Waals surface area (Å²) in [5, 5.41) is 3.40. The van der Waals surface area contributed by atoms with Crippen LogP contribution in [-0.2, 0) is 14.8 Å². The third kappa shape index (κ3) is 7.22. The summed E-state index contributed by atoms with van der Waals surface area (Å²) in [6.07, 6.45) is 1.62. The van der Waals surface area contributed by atoms with Crippen molar-refractivity contribution in [3.05, 3.63) is 58.6 Å². The number of nitrogens with zero attached hydrogens (tertiary/aromatic N) is 1. The highest BCUT2D eigenvalue weighted by Crippen LogP contribution is 2.30. The quantitative estimate of drug-likeness (QED) is 0.566. The first-order valence-electron chi connectivity index (χ1n) is 8.64. The van der Waals surface area contributed by atoms with E-state index in [4.69, 9.17) is 27.9 Å². The second kappa shape index (κ2) is 10.5. The third-order valence-electron chi connectivity index (χ3n) is 3.78. The van der Waals surface area contributed by atoms with Gasteiger partial charge >= 0.3 is 0 Å². The lowest BCUT2D eigenvalue weighted by Crippen LogP contribution is -2.33. The van der Waals surface area contributed by atoms with Crippen molar-refractivity contribution in [3.63, 3.8) is 0 Å². The average molecular weight is 445 g/mol. The van der Waals surface area contributed by atoms with Gasteiger partial charge in [-0.1, -0.05) is 41.4 Å². The molecule has 9 heteroatoms. The normalized spacial score (nSPS) is 11.1. The van der Waals surface area contributed by atoms with Crippen molar-refractivity contribution >= 4 is 44.8 Å². The van der Waals surface area contributed by atoms with Crippen molar-refractivity contribution in [1.29, 1.82) is 0 Å². The molecule has 2 aromatic rings. The smallest absolute Gasteiger partial charge is 0.232 e. The lowest BCUT2D eigenvalue weighted by Gasteiger charge is -2.23. The fraction of sp³-hybridized carbons (Fsp3) is 0.316. The van der Waals surface area contributed by atoms with Crippen molar-refractivity contribution < 1.29 is 17.9 Å². The zero-order valence-electron chi connectivity index (χ0n) is 15.4. The van der Waals surface area contributed by atoms with Gasteiger partial charge in [0, 0.05) is 18.0 Å². The topological polar surface area (TPSA) is 75.7 Å². The summed E-state index contributed by atoms with van der Waals surface area (Å²) in [5.41, 5.74) is 0.338. The number of carbonyl (C=O) groups is 1. The van der Waals surface area contributed by atoms with Gasteiger partial charge in [-0.05, 0) is 36.8 Å². The largest absolute Gasteiger partial charge is 0.492 e. The van der Waals surface area contributed by atoms with Crippen LogP contribution in [0.4, 0.5) is 5.69 Å². The predicted octanol–water partition coefficient (Wildman–Crippen LogP) is 3.73. The Labute approximate surface area is 175 Å². The van der Waals surface area contributed by atoms with Crippen molar-refractivity contribution in [2.45, 2.75) is 12.8 Å². The fourth-order valence-electron chi connectivity index (χ4n) is 2.50. The van der Waals surface area contributed by atoms with Crippen LogP contribution in [0, 0.1) is 0 Å². The zero-order chi connectivity index (χ0) is 20.6. The Morgan fingerprint density at radius 2 is 1.86 bits per heavy atom. The minimum atomic E-state index is -3.55. The number of para-hydroxylation sites is 1. The molecule has 0 aliphatic heterocycles. The molecule has 0 fully saturated rings. The van der Waals surface area contributed by atoms with Gasteiger partial charge in [-0.15, -0.1) is 0 Å². The Hall–Kier alpha value is -1.96. The van der Waals surface area contributed by atoms with Crippen LogP contribution in [-0.4, -0.2) is 40.3 Å². The summed E-state index contributed by atoms with van der Waals surface area (Å²) < 4.78 is 30.9. The molecule has 1 amide bonds. The first kappa shape index (κ1) is 22.3. The molecule has 0 saturated heterocycles. The van der Waals surface area contributed by atoms with E-state index in [1.54, 1.807) is 12.1 Å². The Balaban J connectivity index is 1.79. The lowest BCUT2D eigenvalue weighted by atomic mass is 10.2. The van der Waals surface area contributed by atoms with E-state index in [1.807, 2.05) is 30.3 Å². The number of benzene rings is 2. The molecule has 28 heavy (non-hydrogen) atoms. The number of carbonyl (C=O) groups excluding carboxylic acids is 1. The van der Waals surface area contributed by atoms with Gasteiger partial charge in [-0.2, -0.15) is 0 Å². The standard InChI is InChI=1S/C19H22Cl2N2O4S/c1-28(25,26)23(18-10-9-15(20)14-17(18)21)12-5-8-19(24)22-11-13-27-16-6-3-2-4-7-16/h2-4,6-7,9-10,14H,5,8,11-13H2,1H3,(H,22,24). The van der Waals surface area contributed by atoms with Gasteiger partial charge in [0.15, 0.2) is 0 Å². The Kier molecular flexibility index (Phi) is 8.41. The lowest BCUT2D eigenvalue weighted by molar-refractivity contribution is -0.121. The molecule has 2 rings (SSSR count). The Morgan fingerprint density at radius 1 is 1.14 bits per heavy atom. The molecular weight excluding hydrogens is 423 g/mol. The molecule has 152 valence electrons. The molecule has 6 nitrogen and oxygen atoms in total. The second-order valence-electron chi connectivity index (χ2n) is 6.05. The first-order valence-corrected chi connectivity index (χ1v) is 11.2. The number of anilines is 1. The first-order chi connectivity index (χ1) is 13.3. The van der Waals surface area contributed by atoms with Crippen LogP contribution >= 0.6 is 23.2 Å². The number of rotatable bonds is 10. The molecule has 0 bridgehead atoms. The van der Waals surface area contributed by atoms with E-state index in [0.29, 0.717) is 30.3 Å². The minimum absolute atomic E-state index is 0.133. The van der Waals surface area contributed by atoms with Gasteiger partial charge in [0.25, 0.3) is 0 Å². The van der Waals surface area contributed by atoms with Crippen molar-refractivity contribution in [2.75, 3.05) is 30.3 Å². The van der Waals surface area contributed by atoms with Crippen molar-refractivity contribution in [1.82, 2.24) is 5.32 Å². The molecule has 0 heterocycles. The highest BCUT2D eigenvalue weighted by molar-refractivity contribution is 7.92. The van der Waals surface area contributed by atoms with Crippen LogP contribution in [0.25, 0.3) is 0 Å². The SMILES string of the molecule is CS(=O)(=O)N(CCCC(=O)NCCOc1ccccc1)c1ccc(Cl)cc1Cl. The molecule has 0 aromatic heterocycles. The van der Waals surface area contributed by atoms with Gasteiger partial charge < -0.3 is 10.1 Å². The molecular formula is C19H22Cl2N2O4S. The number of ether oxygens (including phenoxy) is 1. The summed E-state index contributed by atoms with van der Waals surface area (Å²) in [7, 11) is -3.55. The van der Waals surface area contributed by atoms with Crippen LogP contribution in [0.2, 0.25) is 10.0 Å². The monoisotopic (exact) mass is 444 g/mol. The maximum Gasteiger partial charge on any atom is 0.232 e. The van der Waals surface area contributed by atoms with Gasteiger partial charge in [-0.25, -0.2) is 8.42 Å². The average Bonchev–Trinajstić information content (AvgIpc) is 2.63. The van der Waals surface area contributed by atoms with Crippen molar-refractivity contribution in [3.8, 4) is 5.75 Å². The summed E-state index contributed by atoms with van der Waals surface area (Å²) in [4.78, 5) is 12.0. The van der Waals surface area contributed by atoms with Gasteiger partial charge in [0.2, 0.25) is 15.9 Å². The summed E-state index contributed by atoms with van der Waals surface area (Å²) in [5.74, 6) is 0.563. The molecule has 0 atom stereocenters. The molecule has 0 aliphatic rings. The van der Waals surface area contributed by atoms with E-state index in [1.165, 1.54) is 10.4 Å². The van der Waals surface area contributed by atoms with E-state index >= 15 is 0 Å². The molecule has 0 saturated carbocycles. The summed E-state index contributed by atoms with van der Waals surface area (Å²) in [6, 6.07) is 13.9. The highest BCUT2D eigenvalue weighted by Gasteiger charge is 2.20. The van der Waals surface area contributed by atoms with Crippen LogP contribution < -0.4 is 14.4 Å². The van der Waals surface area contributed by atoms with Gasteiger partial charge in [0.1, 0.15) is 12.4 Å². The van der Waals surface area contributed by atoms with Gasteiger partial charge in [-0.3, -0.25) is 9.10 Å². The molecule has 0 aliphatic carbocycles. The summed E-state index contributed by atoms with van der Waals surface area (Å²) >= 11 is 12.0. The van der Waals surface area contributed by atoms with Gasteiger partial charge in [0.05, 0.1) is 23.5 Å². The van der Waals surface area contributed by atoms with Crippen LogP contribution in [0.15, 0.2) is 48.5 Å². The number of sulfonamides is 1. The van der Waals surface area contributed by atoms with E-state index in [2.05, 4.69) is 5.32 Å². The zero-order valence-corrected chi connectivity index (χ0v) is 17.7. The maximum atomic E-state index is 12.1. The van der Waals surface area contributed by atoms with Crippen LogP contribution in [0.1, 0.15) is 12.8 Å². The number of amides is 1. The minimum Gasteiger partial charge on any atom is -0.492 e. The van der Waals surface area contributed by atoms with Crippen LogP contribution in [0.3, 0.4) is 0 Å². The third-order valence-corrected chi connectivity index (χ3v) is 5.50. The number of halogens is 2. The maximum absolute atomic E-state index is 12.1. The van der Waals surface area contributed by atoms with E-state index < -0.39 is 10.0 Å². The van der Waals surface area contributed by atoms with E-state index in [9.17, 15) is 13.2 Å². The number of nitrogens with one attached hydrogen (secondary N) is 1. The van der Waals surface area contributed by atoms with Crippen molar-refractivity contribution in [2.24, 2.45) is 0 Å². The molecule has 0 spiro atoms. The molecule has 1 N–H and O–H groups in total. The van der Waals surface area contributed by atoms with E-state index in [-0.39, 0.29) is 23.9 Å². The Morgan fingerprint density at radius 3 is 2.50 bits per heavy atom. The predicted molar refractivity (Wildman–Crippen MR) is 113 cm³/mol. The second-order valence-corrected chi connectivity index (χ2v) is 8.80. The van der Waals surface area contributed by atoms with E-state index in [0.717, 1.165) is 12.0 Å². The number of hydrogen-bond donors (Lipinski definition) is 1. The molecule has 0 unspecified atom stereocenters. The molecule has 2 aromatic carbocycles.